The molecule has 36 heavy (non-hydrogen) atoms. The van der Waals surface area contributed by atoms with Crippen molar-refractivity contribution in [2.45, 2.75) is 90.1 Å². The molecule has 2 aliphatic carbocycles. The first-order valence-corrected chi connectivity index (χ1v) is 13.7. The quantitative estimate of drug-likeness (QED) is 0.158. The summed E-state index contributed by atoms with van der Waals surface area (Å²) in [5.74, 6) is 1.70. The van der Waals surface area contributed by atoms with Crippen molar-refractivity contribution in [3.8, 4) is 11.5 Å². The maximum Gasteiger partial charge on any atom is 0.185 e. The van der Waals surface area contributed by atoms with Gasteiger partial charge in [-0.25, -0.2) is 0 Å². The van der Waals surface area contributed by atoms with Gasteiger partial charge in [0.2, 0.25) is 0 Å². The number of rotatable bonds is 13. The zero-order chi connectivity index (χ0) is 25.9. The van der Waals surface area contributed by atoms with E-state index in [1.807, 2.05) is 12.1 Å². The molecule has 3 rings (SSSR count). The lowest BCUT2D eigenvalue weighted by molar-refractivity contribution is -0.114. The second kappa shape index (κ2) is 14.3. The summed E-state index contributed by atoms with van der Waals surface area (Å²) >= 11 is 0. The average molecular weight is 500 g/mol. The molecule has 0 radical (unpaired) electrons. The average Bonchev–Trinajstić information content (AvgIpc) is 3.29. The molecule has 7 nitrogen and oxygen atoms in total. The van der Waals surface area contributed by atoms with Crippen LogP contribution in [0.3, 0.4) is 0 Å². The van der Waals surface area contributed by atoms with E-state index >= 15 is 0 Å². The van der Waals surface area contributed by atoms with Gasteiger partial charge in [0.15, 0.2) is 23.2 Å². The minimum atomic E-state index is 0.112. The normalized spacial score (nSPS) is 20.3. The number of aromatic hydroxyl groups is 1. The van der Waals surface area contributed by atoms with Crippen LogP contribution in [0.5, 0.6) is 11.5 Å². The number of hydrogen-bond donors (Lipinski definition) is 3. The number of aliphatic imine (C=N–C) groups is 1. The van der Waals surface area contributed by atoms with Crippen LogP contribution >= 0.6 is 0 Å². The number of carbonyl (C=O) groups excluding carboxylic acids is 1. The van der Waals surface area contributed by atoms with Crippen molar-refractivity contribution in [3.63, 3.8) is 0 Å². The maximum atomic E-state index is 12.5. The minimum absolute atomic E-state index is 0.112. The number of benzene rings is 1. The number of phenols is 1. The van der Waals surface area contributed by atoms with Crippen LogP contribution in [0.25, 0.3) is 0 Å². The Bertz CT molecular complexity index is 918. The van der Waals surface area contributed by atoms with E-state index in [1.54, 1.807) is 13.2 Å². The molecule has 0 bridgehead atoms. The minimum Gasteiger partial charge on any atom is -0.504 e. The lowest BCUT2D eigenvalue weighted by atomic mass is 9.85. The molecule has 2 atom stereocenters. The molecule has 0 heterocycles. The van der Waals surface area contributed by atoms with E-state index in [1.165, 1.54) is 5.56 Å². The van der Waals surface area contributed by atoms with Crippen LogP contribution in [-0.4, -0.2) is 43.2 Å². The number of carbonyl (C=O) groups is 1. The third-order valence-electron chi connectivity index (χ3n) is 7.65. The summed E-state index contributed by atoms with van der Waals surface area (Å²) in [6.45, 7) is 3.29. The molecule has 0 unspecified atom stereocenters. The molecule has 0 saturated heterocycles. The largest absolute Gasteiger partial charge is 0.504 e. The Morgan fingerprint density at radius 3 is 2.67 bits per heavy atom. The number of ketones is 1. The summed E-state index contributed by atoms with van der Waals surface area (Å²) in [7, 11) is 1.72. The Labute approximate surface area is 216 Å². The molecule has 5 N–H and O–H groups in total. The molecular weight excluding hydrogens is 454 g/mol. The number of nitrogens with two attached hydrogens (primary N) is 2. The second-order valence-electron chi connectivity index (χ2n) is 10.3. The van der Waals surface area contributed by atoms with Gasteiger partial charge in [-0.1, -0.05) is 19.4 Å². The summed E-state index contributed by atoms with van der Waals surface area (Å²) < 4.78 is 11.9. The van der Waals surface area contributed by atoms with E-state index in [2.05, 4.69) is 11.9 Å². The van der Waals surface area contributed by atoms with Gasteiger partial charge in [-0.05, 0) is 99.3 Å². The highest BCUT2D eigenvalue weighted by atomic mass is 16.5. The number of fused-ring (bicyclic) bond motifs is 1. The first kappa shape index (κ1) is 28.0. The molecule has 0 spiro atoms. The van der Waals surface area contributed by atoms with Gasteiger partial charge in [-0.15, -0.1) is 0 Å². The number of aryl methyl sites for hydroxylation is 1. The molecule has 1 aromatic carbocycles. The second-order valence-corrected chi connectivity index (χ2v) is 10.3. The van der Waals surface area contributed by atoms with Crippen LogP contribution in [0.1, 0.15) is 81.4 Å². The summed E-state index contributed by atoms with van der Waals surface area (Å²) in [5.41, 5.74) is 14.3. The first-order valence-electron chi connectivity index (χ1n) is 13.7. The van der Waals surface area contributed by atoms with Gasteiger partial charge in [0, 0.05) is 32.2 Å². The molecule has 1 saturated carbocycles. The van der Waals surface area contributed by atoms with Crippen LogP contribution in [0, 0.1) is 11.8 Å². The number of hydrogen-bond acceptors (Lipinski definition) is 5. The maximum absolute atomic E-state index is 12.5. The van der Waals surface area contributed by atoms with Crippen molar-refractivity contribution in [1.82, 2.24) is 0 Å². The molecule has 200 valence electrons. The highest BCUT2D eigenvalue weighted by Gasteiger charge is 2.31. The summed E-state index contributed by atoms with van der Waals surface area (Å²) in [6, 6.07) is 2.00. The van der Waals surface area contributed by atoms with Crippen molar-refractivity contribution in [2.75, 3.05) is 20.3 Å². The van der Waals surface area contributed by atoms with E-state index in [-0.39, 0.29) is 29.5 Å². The Morgan fingerprint density at radius 2 is 1.97 bits per heavy atom. The number of allylic oxidation sites excluding steroid dienone is 2. The monoisotopic (exact) mass is 499 g/mol. The number of phenolic OH excluding ortho intramolecular Hbond substituents is 1. The van der Waals surface area contributed by atoms with Gasteiger partial charge in [0.05, 0.1) is 6.10 Å². The van der Waals surface area contributed by atoms with Crippen molar-refractivity contribution >= 4 is 11.7 Å². The Hall–Kier alpha value is -2.54. The van der Waals surface area contributed by atoms with Crippen LogP contribution in [-0.2, 0) is 28.8 Å². The molecule has 1 aromatic rings. The zero-order valence-corrected chi connectivity index (χ0v) is 22.1. The third kappa shape index (κ3) is 7.99. The Morgan fingerprint density at radius 1 is 1.19 bits per heavy atom. The number of nitrogens with zero attached hydrogens (tertiary/aromatic N) is 1. The predicted molar refractivity (Wildman–Crippen MR) is 145 cm³/mol. The van der Waals surface area contributed by atoms with Crippen LogP contribution in [0.4, 0.5) is 0 Å². The number of unbranched alkanes of at least 4 members (excludes halogenated alkanes) is 1. The Balaban J connectivity index is 1.89. The molecule has 0 aliphatic heterocycles. The zero-order valence-electron chi connectivity index (χ0n) is 22.1. The predicted octanol–water partition coefficient (Wildman–Crippen LogP) is 4.60. The Kier molecular flexibility index (Phi) is 11.1. The fourth-order valence-corrected chi connectivity index (χ4v) is 5.69. The highest BCUT2D eigenvalue weighted by Crippen LogP contribution is 2.43. The van der Waals surface area contributed by atoms with E-state index in [4.69, 9.17) is 20.9 Å². The third-order valence-corrected chi connectivity index (χ3v) is 7.65. The highest BCUT2D eigenvalue weighted by molar-refractivity contribution is 5.89. The topological polar surface area (TPSA) is 120 Å². The summed E-state index contributed by atoms with van der Waals surface area (Å²) in [6.07, 6.45) is 14.6. The molecule has 0 amide bonds. The molecular formula is C29H45N3O4. The van der Waals surface area contributed by atoms with Gasteiger partial charge < -0.3 is 26.0 Å². The smallest absolute Gasteiger partial charge is 0.185 e. The number of ether oxygens (including phenoxy) is 2. The fraction of sp³-hybridized carbons (Fsp3) is 0.655. The lowest BCUT2D eigenvalue weighted by Crippen LogP contribution is -2.25. The SMILES string of the molecule is CCCC=CC(=O)CCc1cc(OC2CCCC2)c(O)c2c1CC[C@@H](CCN=C(N)N)[C@@H](COC)C2. The van der Waals surface area contributed by atoms with E-state index < -0.39 is 0 Å². The molecule has 2 aliphatic rings. The lowest BCUT2D eigenvalue weighted by Gasteiger charge is -2.25. The van der Waals surface area contributed by atoms with Gasteiger partial charge >= 0.3 is 0 Å². The van der Waals surface area contributed by atoms with Crippen LogP contribution in [0.2, 0.25) is 0 Å². The van der Waals surface area contributed by atoms with E-state index in [0.29, 0.717) is 44.1 Å². The van der Waals surface area contributed by atoms with Crippen molar-refractivity contribution < 1.29 is 19.4 Å². The van der Waals surface area contributed by atoms with Gasteiger partial charge in [-0.3, -0.25) is 9.79 Å². The molecule has 1 fully saturated rings. The molecule has 0 aromatic heterocycles. The van der Waals surface area contributed by atoms with Crippen molar-refractivity contribution in [1.29, 1.82) is 0 Å². The molecule has 7 heteroatoms. The van der Waals surface area contributed by atoms with Crippen LogP contribution < -0.4 is 16.2 Å². The number of guanidine groups is 1. The van der Waals surface area contributed by atoms with E-state index in [0.717, 1.165) is 68.9 Å². The fourth-order valence-electron chi connectivity index (χ4n) is 5.69. The van der Waals surface area contributed by atoms with Crippen LogP contribution in [0.15, 0.2) is 23.2 Å². The van der Waals surface area contributed by atoms with Gasteiger partial charge in [0.1, 0.15) is 0 Å². The van der Waals surface area contributed by atoms with E-state index in [9.17, 15) is 9.90 Å². The number of methoxy groups -OCH3 is 1. The summed E-state index contributed by atoms with van der Waals surface area (Å²) in [5, 5.41) is 11.4. The van der Waals surface area contributed by atoms with Gasteiger partial charge in [0.25, 0.3) is 0 Å². The van der Waals surface area contributed by atoms with Crippen molar-refractivity contribution in [3.05, 3.63) is 34.9 Å². The summed E-state index contributed by atoms with van der Waals surface area (Å²) in [4.78, 5) is 16.7. The first-order chi connectivity index (χ1) is 17.4. The standard InChI is InChI=1S/C29H45N3O4/c1-3-4-5-8-23(33)13-11-21-18-27(36-24-9-6-7-10-24)28(34)26-17-22(19-35-2)20(12-14-25(21)26)15-16-32-29(30)31/h5,8,18,20,22,24,34H,3-4,6-7,9-17,19H2,1-2H3,(H4,30,31,32)/t20-,22+/m0/s1. The van der Waals surface area contributed by atoms with Crippen molar-refractivity contribution in [2.24, 2.45) is 28.3 Å². The van der Waals surface area contributed by atoms with Gasteiger partial charge in [-0.2, -0.15) is 0 Å².